The molecule has 0 spiro atoms. The molecule has 0 saturated heterocycles. The van der Waals surface area contributed by atoms with E-state index in [1.54, 1.807) is 24.4 Å². The van der Waals surface area contributed by atoms with Gasteiger partial charge in [0.1, 0.15) is 0 Å². The maximum Gasteiger partial charge on any atom is 0.239 e. The maximum atomic E-state index is 12.2. The maximum absolute atomic E-state index is 12.2. The van der Waals surface area contributed by atoms with E-state index in [0.717, 1.165) is 10.6 Å². The van der Waals surface area contributed by atoms with Gasteiger partial charge >= 0.3 is 0 Å². The lowest BCUT2D eigenvalue weighted by Gasteiger charge is -2.19. The molecule has 0 atom stereocenters. The summed E-state index contributed by atoms with van der Waals surface area (Å²) >= 11 is 0. The van der Waals surface area contributed by atoms with E-state index in [4.69, 9.17) is 0 Å². The third-order valence-electron chi connectivity index (χ3n) is 3.71. The number of carbonyl (C=O) groups excluding carboxylic acids is 1. The zero-order valence-corrected chi connectivity index (χ0v) is 15.5. The van der Waals surface area contributed by atoms with Crippen LogP contribution in [-0.2, 0) is 21.4 Å². The summed E-state index contributed by atoms with van der Waals surface area (Å²) in [6.07, 6.45) is 2.67. The Hall–Kier alpha value is -2.25. The molecule has 25 heavy (non-hydrogen) atoms. The second kappa shape index (κ2) is 8.22. The highest BCUT2D eigenvalue weighted by Crippen LogP contribution is 2.17. The number of anilines is 1. The van der Waals surface area contributed by atoms with Gasteiger partial charge in [-0.25, -0.2) is 8.42 Å². The number of pyridine rings is 1. The topological polar surface area (TPSA) is 79.4 Å². The highest BCUT2D eigenvalue weighted by atomic mass is 32.2. The molecular formula is C18H23N3O3S. The number of amides is 1. The second-order valence-corrected chi connectivity index (χ2v) is 8.16. The van der Waals surface area contributed by atoms with E-state index in [-0.39, 0.29) is 13.1 Å². The first kappa shape index (κ1) is 19.1. The molecule has 1 aromatic carbocycles. The van der Waals surface area contributed by atoms with Crippen molar-refractivity contribution in [2.24, 2.45) is 0 Å². The van der Waals surface area contributed by atoms with Crippen molar-refractivity contribution in [1.29, 1.82) is 0 Å². The van der Waals surface area contributed by atoms with Gasteiger partial charge in [-0.05, 0) is 35.7 Å². The molecule has 0 saturated carbocycles. The van der Waals surface area contributed by atoms with Crippen LogP contribution in [0.4, 0.5) is 5.69 Å². The van der Waals surface area contributed by atoms with Crippen LogP contribution in [0, 0.1) is 0 Å². The fourth-order valence-corrected chi connectivity index (χ4v) is 2.99. The summed E-state index contributed by atoms with van der Waals surface area (Å²) in [5, 5.41) is 2.73. The van der Waals surface area contributed by atoms with E-state index in [1.807, 2.05) is 24.3 Å². The lowest BCUT2D eigenvalue weighted by molar-refractivity contribution is -0.116. The van der Waals surface area contributed by atoms with Crippen LogP contribution in [0.2, 0.25) is 0 Å². The molecule has 2 aromatic rings. The van der Waals surface area contributed by atoms with Crippen LogP contribution in [0.15, 0.2) is 48.7 Å². The Morgan fingerprint density at radius 1 is 1.16 bits per heavy atom. The number of carbonyl (C=O) groups is 1. The molecule has 0 unspecified atom stereocenters. The van der Waals surface area contributed by atoms with Crippen molar-refractivity contribution in [3.05, 3.63) is 59.9 Å². The molecule has 134 valence electrons. The molecule has 1 N–H and O–H groups in total. The summed E-state index contributed by atoms with van der Waals surface area (Å²) in [4.78, 5) is 16.4. The van der Waals surface area contributed by atoms with E-state index in [1.165, 1.54) is 5.56 Å². The van der Waals surface area contributed by atoms with Crippen molar-refractivity contribution in [3.8, 4) is 0 Å². The average Bonchev–Trinajstić information content (AvgIpc) is 2.55. The smallest absolute Gasteiger partial charge is 0.239 e. The van der Waals surface area contributed by atoms with E-state index in [0.29, 0.717) is 17.3 Å². The Balaban J connectivity index is 2.04. The predicted molar refractivity (Wildman–Crippen MR) is 98.7 cm³/mol. The van der Waals surface area contributed by atoms with Gasteiger partial charge < -0.3 is 5.32 Å². The molecule has 0 aliphatic carbocycles. The van der Waals surface area contributed by atoms with Crippen LogP contribution in [0.25, 0.3) is 0 Å². The van der Waals surface area contributed by atoms with Crippen LogP contribution in [0.1, 0.15) is 31.0 Å². The lowest BCUT2D eigenvalue weighted by Crippen LogP contribution is -2.37. The third kappa shape index (κ3) is 5.95. The molecule has 1 amide bonds. The molecule has 0 bridgehead atoms. The lowest BCUT2D eigenvalue weighted by atomic mass is 10.0. The first-order valence-corrected chi connectivity index (χ1v) is 9.85. The van der Waals surface area contributed by atoms with Gasteiger partial charge in [-0.1, -0.05) is 32.0 Å². The number of nitrogens with one attached hydrogen (secondary N) is 1. The normalized spacial score (nSPS) is 11.7. The van der Waals surface area contributed by atoms with Gasteiger partial charge in [-0.2, -0.15) is 4.31 Å². The molecule has 0 fully saturated rings. The first-order chi connectivity index (χ1) is 11.8. The van der Waals surface area contributed by atoms with E-state index < -0.39 is 15.9 Å². The molecule has 2 rings (SSSR count). The fourth-order valence-electron chi connectivity index (χ4n) is 2.27. The van der Waals surface area contributed by atoms with Gasteiger partial charge in [-0.3, -0.25) is 9.78 Å². The van der Waals surface area contributed by atoms with E-state index in [2.05, 4.69) is 24.1 Å². The standard InChI is InChI=1S/C18H23N3O3S/c1-14(2)15-7-9-16(10-8-15)20-18(22)13-21(25(3,23)24)12-17-6-4-5-11-19-17/h4-11,14H,12-13H2,1-3H3,(H,20,22). The molecule has 7 heteroatoms. The highest BCUT2D eigenvalue weighted by Gasteiger charge is 2.21. The molecule has 6 nitrogen and oxygen atoms in total. The van der Waals surface area contributed by atoms with Crippen LogP contribution in [0.3, 0.4) is 0 Å². The average molecular weight is 361 g/mol. The summed E-state index contributed by atoms with van der Waals surface area (Å²) in [6, 6.07) is 12.8. The Morgan fingerprint density at radius 3 is 2.36 bits per heavy atom. The van der Waals surface area contributed by atoms with Crippen LogP contribution < -0.4 is 5.32 Å². The quantitative estimate of drug-likeness (QED) is 0.822. The summed E-state index contributed by atoms with van der Waals surface area (Å²) < 4.78 is 25.0. The van der Waals surface area contributed by atoms with Gasteiger partial charge in [0.15, 0.2) is 0 Å². The summed E-state index contributed by atoms with van der Waals surface area (Å²) in [5.41, 5.74) is 2.40. The summed E-state index contributed by atoms with van der Waals surface area (Å²) in [5.74, 6) is 0.0162. The number of sulfonamides is 1. The molecule has 0 aliphatic heterocycles. The predicted octanol–water partition coefficient (Wildman–Crippen LogP) is 2.61. The Labute approximate surface area is 148 Å². The van der Waals surface area contributed by atoms with Crippen LogP contribution >= 0.6 is 0 Å². The largest absolute Gasteiger partial charge is 0.325 e. The van der Waals surface area contributed by atoms with Crippen molar-refractivity contribution >= 4 is 21.6 Å². The number of rotatable bonds is 7. The number of aromatic nitrogens is 1. The SMILES string of the molecule is CC(C)c1ccc(NC(=O)CN(Cc2ccccn2)S(C)(=O)=O)cc1. The minimum atomic E-state index is -3.54. The minimum Gasteiger partial charge on any atom is -0.325 e. The van der Waals surface area contributed by atoms with Gasteiger partial charge in [0.05, 0.1) is 25.0 Å². The number of benzene rings is 1. The Bertz CT molecular complexity index is 803. The van der Waals surface area contributed by atoms with Crippen molar-refractivity contribution in [2.45, 2.75) is 26.3 Å². The van der Waals surface area contributed by atoms with Crippen molar-refractivity contribution in [3.63, 3.8) is 0 Å². The Morgan fingerprint density at radius 2 is 1.84 bits per heavy atom. The van der Waals surface area contributed by atoms with Crippen LogP contribution in [-0.4, -0.2) is 36.4 Å². The zero-order valence-electron chi connectivity index (χ0n) is 14.6. The molecule has 0 radical (unpaired) electrons. The number of nitrogens with zero attached hydrogens (tertiary/aromatic N) is 2. The van der Waals surface area contributed by atoms with Crippen LogP contribution in [0.5, 0.6) is 0 Å². The van der Waals surface area contributed by atoms with E-state index >= 15 is 0 Å². The Kier molecular flexibility index (Phi) is 6.27. The van der Waals surface area contributed by atoms with Crippen molar-refractivity contribution in [1.82, 2.24) is 9.29 Å². The number of hydrogen-bond donors (Lipinski definition) is 1. The van der Waals surface area contributed by atoms with Crippen molar-refractivity contribution in [2.75, 3.05) is 18.1 Å². The minimum absolute atomic E-state index is 0.0549. The third-order valence-corrected chi connectivity index (χ3v) is 4.91. The summed E-state index contributed by atoms with van der Waals surface area (Å²) in [7, 11) is -3.54. The molecular weight excluding hydrogens is 338 g/mol. The van der Waals surface area contributed by atoms with E-state index in [9.17, 15) is 13.2 Å². The van der Waals surface area contributed by atoms with Crippen molar-refractivity contribution < 1.29 is 13.2 Å². The molecule has 1 heterocycles. The highest BCUT2D eigenvalue weighted by molar-refractivity contribution is 7.88. The monoisotopic (exact) mass is 361 g/mol. The van der Waals surface area contributed by atoms with Gasteiger partial charge in [0, 0.05) is 11.9 Å². The first-order valence-electron chi connectivity index (χ1n) is 8.00. The fraction of sp³-hybridized carbons (Fsp3) is 0.333. The zero-order chi connectivity index (χ0) is 18.4. The van der Waals surface area contributed by atoms with Gasteiger partial charge in [0.25, 0.3) is 0 Å². The second-order valence-electron chi connectivity index (χ2n) is 6.18. The van der Waals surface area contributed by atoms with Gasteiger partial charge in [0.2, 0.25) is 15.9 Å². The van der Waals surface area contributed by atoms with Gasteiger partial charge in [-0.15, -0.1) is 0 Å². The molecule has 1 aromatic heterocycles. The summed E-state index contributed by atoms with van der Waals surface area (Å²) in [6.45, 7) is 3.98. The number of hydrogen-bond acceptors (Lipinski definition) is 4. The molecule has 0 aliphatic rings.